The molecule has 2 aliphatic heterocycles. The number of amides is 3. The topological polar surface area (TPSA) is 66.5 Å². The van der Waals surface area contributed by atoms with E-state index in [2.05, 4.69) is 17.0 Å². The number of piperidine rings is 1. The van der Waals surface area contributed by atoms with Gasteiger partial charge in [-0.25, -0.2) is 0 Å². The monoisotopic (exact) mass is 374 g/mol. The van der Waals surface area contributed by atoms with Gasteiger partial charge in [-0.3, -0.25) is 24.6 Å². The summed E-state index contributed by atoms with van der Waals surface area (Å²) >= 11 is 4.21. The van der Waals surface area contributed by atoms with Gasteiger partial charge in [0.25, 0.3) is 5.91 Å². The number of carbonyl (C=O) groups excluding carboxylic acids is 3. The average Bonchev–Trinajstić information content (AvgIpc) is 2.91. The molecule has 0 aromatic heterocycles. The molecule has 25 heavy (non-hydrogen) atoms. The molecule has 2 aromatic rings. The van der Waals surface area contributed by atoms with E-state index in [0.29, 0.717) is 12.0 Å². The second-order valence-electron chi connectivity index (χ2n) is 5.58. The first-order chi connectivity index (χ1) is 12.1. The lowest BCUT2D eigenvalue weighted by Gasteiger charge is -2.30. The molecule has 5 nitrogen and oxygen atoms in total. The summed E-state index contributed by atoms with van der Waals surface area (Å²) in [5.74, 6) is -0.902. The Bertz CT molecular complexity index is 882. The molecule has 1 unspecified atom stereocenters. The van der Waals surface area contributed by atoms with Gasteiger partial charge in [-0.05, 0) is 30.0 Å². The number of carbonyl (C=O) groups is 3. The van der Waals surface area contributed by atoms with Crippen molar-refractivity contribution in [3.8, 4) is 0 Å². The highest BCUT2D eigenvalue weighted by molar-refractivity contribution is 8.68. The summed E-state index contributed by atoms with van der Waals surface area (Å²) in [6.07, 6.45) is 0.583. The van der Waals surface area contributed by atoms with E-state index in [1.165, 1.54) is 15.7 Å². The molecule has 2 aliphatic rings. The second kappa shape index (κ2) is 7.09. The van der Waals surface area contributed by atoms with Gasteiger partial charge in [0, 0.05) is 16.7 Å². The van der Waals surface area contributed by atoms with E-state index in [1.54, 1.807) is 6.07 Å². The summed E-state index contributed by atoms with van der Waals surface area (Å²) in [5.41, 5.74) is 1.31. The first-order valence-corrected chi connectivity index (χ1v) is 10.0. The van der Waals surface area contributed by atoms with Crippen molar-refractivity contribution in [2.24, 2.45) is 0 Å². The maximum absolute atomic E-state index is 12.9. The van der Waals surface area contributed by atoms with Crippen LogP contribution in [0, 0.1) is 0 Å². The van der Waals surface area contributed by atoms with Crippen LogP contribution in [0.5, 0.6) is 0 Å². The molecule has 3 amide bonds. The first kappa shape index (κ1) is 17.8. The average molecular weight is 374 g/mol. The molecule has 1 N–H and O–H groups in total. The molecule has 1 fully saturated rings. The zero-order chi connectivity index (χ0) is 18.1. The Hall–Kier alpha value is -1.99. The Morgan fingerprint density at radius 3 is 2.64 bits per heavy atom. The molecule has 0 saturated carbocycles. The van der Waals surface area contributed by atoms with Crippen LogP contribution in [0.1, 0.15) is 37.0 Å². The maximum Gasteiger partial charge on any atom is 0.259 e. The van der Waals surface area contributed by atoms with E-state index in [4.69, 9.17) is 0 Å². The first-order valence-electron chi connectivity index (χ1n) is 8.15. The molecule has 4 rings (SSSR count). The Labute approximate surface area is 154 Å². The minimum absolute atomic E-state index is 0.199. The fraction of sp³-hybridized carbons (Fsp3) is 0.278. The molecule has 0 bridgehead atoms. The minimum atomic E-state index is -0.648. The van der Waals surface area contributed by atoms with Gasteiger partial charge in [0.1, 0.15) is 6.04 Å². The number of thiol groups is 1. The molecule has 130 valence electrons. The SMILES string of the molecule is CC.O=C1CCC(N2C(=O)c3cc(SS)cc4cccc2c34)C(=O)N1. The summed E-state index contributed by atoms with van der Waals surface area (Å²) in [5, 5.41) is 4.12. The minimum Gasteiger partial charge on any atom is -0.295 e. The van der Waals surface area contributed by atoms with Crippen LogP contribution in [0.15, 0.2) is 35.2 Å². The Kier molecular flexibility index (Phi) is 5.06. The summed E-state index contributed by atoms with van der Waals surface area (Å²) in [6.45, 7) is 4.00. The largest absolute Gasteiger partial charge is 0.295 e. The molecule has 0 aliphatic carbocycles. The smallest absolute Gasteiger partial charge is 0.259 e. The number of anilines is 1. The number of nitrogens with zero attached hydrogens (tertiary/aromatic N) is 1. The third-order valence-electron chi connectivity index (χ3n) is 4.26. The lowest BCUT2D eigenvalue weighted by molar-refractivity contribution is -0.134. The summed E-state index contributed by atoms with van der Waals surface area (Å²) in [4.78, 5) is 38.8. The van der Waals surface area contributed by atoms with E-state index in [-0.39, 0.29) is 18.2 Å². The van der Waals surface area contributed by atoms with Crippen molar-refractivity contribution in [1.29, 1.82) is 0 Å². The standard InChI is InChI=1S/C16H12N2O3S2.C2H6/c19-13-5-4-12(15(20)17-13)18-11-3-1-2-8-6-9(23-22)7-10(14(8)11)16(18)21;1-2/h1-3,6-7,12,22H,4-5H2,(H,17,19,20);1-2H3. The summed E-state index contributed by atoms with van der Waals surface area (Å²) < 4.78 is 0. The normalized spacial score (nSPS) is 18.9. The number of hydrogen-bond donors (Lipinski definition) is 2. The molecule has 2 aromatic carbocycles. The van der Waals surface area contributed by atoms with Crippen LogP contribution < -0.4 is 10.2 Å². The van der Waals surface area contributed by atoms with Crippen LogP contribution in [-0.2, 0) is 9.59 Å². The predicted molar refractivity (Wildman–Crippen MR) is 103 cm³/mol. The van der Waals surface area contributed by atoms with Crippen molar-refractivity contribution in [2.75, 3.05) is 4.90 Å². The molecule has 1 saturated heterocycles. The second-order valence-corrected chi connectivity index (χ2v) is 6.78. The van der Waals surface area contributed by atoms with Crippen LogP contribution >= 0.6 is 22.5 Å². The van der Waals surface area contributed by atoms with Crippen LogP contribution in [0.25, 0.3) is 10.8 Å². The number of nitrogens with one attached hydrogen (secondary N) is 1. The van der Waals surface area contributed by atoms with Crippen molar-refractivity contribution in [3.63, 3.8) is 0 Å². The summed E-state index contributed by atoms with van der Waals surface area (Å²) in [7, 11) is 1.28. The van der Waals surface area contributed by atoms with Gasteiger partial charge in [-0.15, -0.1) is 11.7 Å². The Morgan fingerprint density at radius 1 is 1.20 bits per heavy atom. The molecule has 1 atom stereocenters. The summed E-state index contributed by atoms with van der Waals surface area (Å²) in [6, 6.07) is 8.78. The van der Waals surface area contributed by atoms with E-state index in [1.807, 2.05) is 38.1 Å². The Morgan fingerprint density at radius 2 is 1.96 bits per heavy atom. The molecular formula is C18H18N2O3S2. The fourth-order valence-electron chi connectivity index (χ4n) is 3.28. The van der Waals surface area contributed by atoms with Crippen molar-refractivity contribution < 1.29 is 14.4 Å². The van der Waals surface area contributed by atoms with Crippen LogP contribution in [0.2, 0.25) is 0 Å². The highest BCUT2D eigenvalue weighted by Gasteiger charge is 2.40. The number of imide groups is 1. The number of hydrogen-bond acceptors (Lipinski definition) is 5. The maximum atomic E-state index is 12.9. The Balaban J connectivity index is 0.000000880. The molecule has 0 radical (unpaired) electrons. The van der Waals surface area contributed by atoms with Gasteiger partial charge >= 0.3 is 0 Å². The van der Waals surface area contributed by atoms with Crippen molar-refractivity contribution >= 4 is 56.6 Å². The number of benzene rings is 2. The van der Waals surface area contributed by atoms with Crippen LogP contribution in [0.3, 0.4) is 0 Å². The van der Waals surface area contributed by atoms with E-state index < -0.39 is 11.9 Å². The van der Waals surface area contributed by atoms with Crippen molar-refractivity contribution in [1.82, 2.24) is 5.32 Å². The third kappa shape index (κ3) is 2.91. The lowest BCUT2D eigenvalue weighted by atomic mass is 10.0. The van der Waals surface area contributed by atoms with E-state index in [0.717, 1.165) is 21.4 Å². The molecule has 0 spiro atoms. The quantitative estimate of drug-likeness (QED) is 0.479. The van der Waals surface area contributed by atoms with Crippen molar-refractivity contribution in [2.45, 2.75) is 37.6 Å². The lowest BCUT2D eigenvalue weighted by Crippen LogP contribution is -2.53. The van der Waals surface area contributed by atoms with Crippen LogP contribution in [-0.4, -0.2) is 23.8 Å². The fourth-order valence-corrected chi connectivity index (χ4v) is 3.95. The molecular weight excluding hydrogens is 356 g/mol. The van der Waals surface area contributed by atoms with Crippen LogP contribution in [0.4, 0.5) is 5.69 Å². The van der Waals surface area contributed by atoms with Gasteiger partial charge in [-0.1, -0.05) is 36.8 Å². The van der Waals surface area contributed by atoms with Gasteiger partial charge in [0.2, 0.25) is 11.8 Å². The van der Waals surface area contributed by atoms with E-state index >= 15 is 0 Å². The van der Waals surface area contributed by atoms with Gasteiger partial charge in [-0.2, -0.15) is 0 Å². The third-order valence-corrected chi connectivity index (χ3v) is 5.34. The zero-order valence-corrected chi connectivity index (χ0v) is 15.6. The van der Waals surface area contributed by atoms with E-state index in [9.17, 15) is 14.4 Å². The highest BCUT2D eigenvalue weighted by Crippen LogP contribution is 2.41. The molecule has 7 heteroatoms. The predicted octanol–water partition coefficient (Wildman–Crippen LogP) is 3.57. The van der Waals surface area contributed by atoms with Gasteiger partial charge in [0.05, 0.1) is 11.3 Å². The highest BCUT2D eigenvalue weighted by atomic mass is 33.1. The number of rotatable bonds is 2. The van der Waals surface area contributed by atoms with Crippen molar-refractivity contribution in [3.05, 3.63) is 35.9 Å². The zero-order valence-electron chi connectivity index (χ0n) is 13.9. The van der Waals surface area contributed by atoms with Gasteiger partial charge in [0.15, 0.2) is 0 Å². The van der Waals surface area contributed by atoms with Gasteiger partial charge < -0.3 is 0 Å². The molecule has 2 heterocycles.